The molecule has 0 spiro atoms. The van der Waals surface area contributed by atoms with E-state index in [-0.39, 0.29) is 0 Å². The third-order valence-corrected chi connectivity index (χ3v) is 4.16. The molecule has 0 saturated heterocycles. The molecule has 0 aliphatic rings. The second kappa shape index (κ2) is 7.19. The van der Waals surface area contributed by atoms with Crippen molar-refractivity contribution in [2.24, 2.45) is 0 Å². The van der Waals surface area contributed by atoms with Gasteiger partial charge in [0, 0.05) is 29.7 Å². The molecule has 0 N–H and O–H groups in total. The number of aromatic nitrogens is 4. The highest BCUT2D eigenvalue weighted by Crippen LogP contribution is 2.24. The summed E-state index contributed by atoms with van der Waals surface area (Å²) in [6.07, 6.45) is 7.13. The van der Waals surface area contributed by atoms with Gasteiger partial charge in [-0.25, -0.2) is 0 Å². The van der Waals surface area contributed by atoms with E-state index in [2.05, 4.69) is 34.2 Å². The summed E-state index contributed by atoms with van der Waals surface area (Å²) in [5.74, 6) is 0.857. The number of rotatable bonds is 5. The van der Waals surface area contributed by atoms with Crippen LogP contribution in [0.25, 0.3) is 22.5 Å². The van der Waals surface area contributed by atoms with E-state index in [0.29, 0.717) is 6.54 Å². The Balaban J connectivity index is 1.56. The largest absolute Gasteiger partial charge is 0.497 e. The molecule has 0 aliphatic heterocycles. The molecule has 4 aromatic rings. The maximum atomic E-state index is 5.20. The monoisotopic (exact) mass is 342 g/mol. The summed E-state index contributed by atoms with van der Waals surface area (Å²) in [7, 11) is 1.67. The first-order valence-electron chi connectivity index (χ1n) is 8.35. The summed E-state index contributed by atoms with van der Waals surface area (Å²) in [4.78, 5) is 8.50. The lowest BCUT2D eigenvalue weighted by atomic mass is 10.1. The summed E-state index contributed by atoms with van der Waals surface area (Å²) in [5.41, 5.74) is 5.05. The highest BCUT2D eigenvalue weighted by Gasteiger charge is 2.06. The molecule has 0 atom stereocenters. The van der Waals surface area contributed by atoms with E-state index in [1.807, 2.05) is 41.2 Å². The Morgan fingerprint density at radius 1 is 0.923 bits per heavy atom. The first-order chi connectivity index (χ1) is 12.8. The van der Waals surface area contributed by atoms with Gasteiger partial charge < -0.3 is 4.74 Å². The van der Waals surface area contributed by atoms with Gasteiger partial charge in [0.05, 0.1) is 31.2 Å². The van der Waals surface area contributed by atoms with Gasteiger partial charge in [-0.2, -0.15) is 5.10 Å². The Kier molecular flexibility index (Phi) is 4.43. The quantitative estimate of drug-likeness (QED) is 0.549. The lowest BCUT2D eigenvalue weighted by Crippen LogP contribution is -2.00. The number of hydrogen-bond acceptors (Lipinski definition) is 4. The van der Waals surface area contributed by atoms with Crippen LogP contribution in [0.5, 0.6) is 5.75 Å². The van der Waals surface area contributed by atoms with E-state index >= 15 is 0 Å². The zero-order chi connectivity index (χ0) is 17.8. The predicted octanol–water partition coefficient (Wildman–Crippen LogP) is 4.06. The van der Waals surface area contributed by atoms with Crippen LogP contribution >= 0.6 is 0 Å². The third-order valence-electron chi connectivity index (χ3n) is 4.16. The zero-order valence-corrected chi connectivity index (χ0v) is 14.4. The van der Waals surface area contributed by atoms with Crippen molar-refractivity contribution in [2.45, 2.75) is 6.54 Å². The van der Waals surface area contributed by atoms with Crippen LogP contribution in [0, 0.1) is 0 Å². The molecule has 0 amide bonds. The van der Waals surface area contributed by atoms with Crippen molar-refractivity contribution >= 4 is 0 Å². The van der Waals surface area contributed by atoms with Crippen molar-refractivity contribution < 1.29 is 4.74 Å². The molecule has 2 aromatic heterocycles. The summed E-state index contributed by atoms with van der Waals surface area (Å²) < 4.78 is 7.13. The van der Waals surface area contributed by atoms with Crippen LogP contribution in [0.2, 0.25) is 0 Å². The van der Waals surface area contributed by atoms with Crippen molar-refractivity contribution in [1.82, 2.24) is 19.7 Å². The average Bonchev–Trinajstić information content (AvgIpc) is 3.18. The lowest BCUT2D eigenvalue weighted by Gasteiger charge is -2.05. The second-order valence-electron chi connectivity index (χ2n) is 5.92. The lowest BCUT2D eigenvalue weighted by molar-refractivity contribution is 0.414. The van der Waals surface area contributed by atoms with Gasteiger partial charge in [0.15, 0.2) is 0 Å². The summed E-state index contributed by atoms with van der Waals surface area (Å²) >= 11 is 0. The fraction of sp³-hybridized carbons (Fsp3) is 0.0952. The van der Waals surface area contributed by atoms with Crippen molar-refractivity contribution in [3.8, 4) is 28.3 Å². The standard InChI is InChI=1S/C21H18N4O/c1-26-19-7-5-16(6-8-19)15-25-12-9-20(24-25)17-3-2-4-18(13-17)21-14-22-10-11-23-21/h2-14H,15H2,1H3. The van der Waals surface area contributed by atoms with E-state index in [1.165, 1.54) is 5.56 Å². The third kappa shape index (κ3) is 3.47. The van der Waals surface area contributed by atoms with Gasteiger partial charge in [0.25, 0.3) is 0 Å². The zero-order valence-electron chi connectivity index (χ0n) is 14.4. The highest BCUT2D eigenvalue weighted by atomic mass is 16.5. The van der Waals surface area contributed by atoms with Gasteiger partial charge in [-0.1, -0.05) is 30.3 Å². The fourth-order valence-electron chi connectivity index (χ4n) is 2.81. The molecule has 5 heteroatoms. The average molecular weight is 342 g/mol. The molecular formula is C21H18N4O. The van der Waals surface area contributed by atoms with E-state index in [4.69, 9.17) is 9.84 Å². The number of nitrogens with zero attached hydrogens (tertiary/aromatic N) is 4. The van der Waals surface area contributed by atoms with E-state index in [9.17, 15) is 0 Å². The van der Waals surface area contributed by atoms with Gasteiger partial charge in [0.1, 0.15) is 5.75 Å². The Morgan fingerprint density at radius 2 is 1.73 bits per heavy atom. The number of hydrogen-bond donors (Lipinski definition) is 0. The Labute approximate surface area is 151 Å². The smallest absolute Gasteiger partial charge is 0.118 e. The maximum absolute atomic E-state index is 5.20. The summed E-state index contributed by atoms with van der Waals surface area (Å²) in [6.45, 7) is 0.716. The van der Waals surface area contributed by atoms with Gasteiger partial charge in [-0.05, 0) is 29.8 Å². The first-order valence-corrected chi connectivity index (χ1v) is 8.35. The van der Waals surface area contributed by atoms with Crippen LogP contribution in [0.3, 0.4) is 0 Å². The molecule has 0 bridgehead atoms. The van der Waals surface area contributed by atoms with Crippen molar-refractivity contribution in [3.05, 3.63) is 84.9 Å². The molecule has 5 nitrogen and oxygen atoms in total. The Bertz CT molecular complexity index is 994. The van der Waals surface area contributed by atoms with Crippen molar-refractivity contribution in [1.29, 1.82) is 0 Å². The summed E-state index contributed by atoms with van der Waals surface area (Å²) in [6, 6.07) is 18.2. The van der Waals surface area contributed by atoms with E-state index in [1.54, 1.807) is 25.7 Å². The Hall–Kier alpha value is -3.47. The minimum Gasteiger partial charge on any atom is -0.497 e. The molecule has 0 saturated carbocycles. The van der Waals surface area contributed by atoms with Crippen LogP contribution in [0.4, 0.5) is 0 Å². The molecule has 0 unspecified atom stereocenters. The van der Waals surface area contributed by atoms with Crippen LogP contribution in [0.15, 0.2) is 79.4 Å². The molecular weight excluding hydrogens is 324 g/mol. The van der Waals surface area contributed by atoms with Crippen molar-refractivity contribution in [2.75, 3.05) is 7.11 Å². The fourth-order valence-corrected chi connectivity index (χ4v) is 2.81. The second-order valence-corrected chi connectivity index (χ2v) is 5.92. The molecule has 4 rings (SSSR count). The highest BCUT2D eigenvalue weighted by molar-refractivity contribution is 5.68. The molecule has 26 heavy (non-hydrogen) atoms. The van der Waals surface area contributed by atoms with Crippen LogP contribution in [0.1, 0.15) is 5.56 Å². The normalized spacial score (nSPS) is 10.7. The van der Waals surface area contributed by atoms with Gasteiger partial charge in [0.2, 0.25) is 0 Å². The van der Waals surface area contributed by atoms with Gasteiger partial charge in [-0.3, -0.25) is 14.6 Å². The topological polar surface area (TPSA) is 52.8 Å². The predicted molar refractivity (Wildman–Crippen MR) is 101 cm³/mol. The van der Waals surface area contributed by atoms with Crippen molar-refractivity contribution in [3.63, 3.8) is 0 Å². The molecule has 0 radical (unpaired) electrons. The van der Waals surface area contributed by atoms with E-state index in [0.717, 1.165) is 28.3 Å². The molecule has 0 fully saturated rings. The van der Waals surface area contributed by atoms with Crippen LogP contribution in [-0.2, 0) is 6.54 Å². The van der Waals surface area contributed by atoms with Crippen LogP contribution < -0.4 is 4.74 Å². The minimum atomic E-state index is 0.716. The summed E-state index contributed by atoms with van der Waals surface area (Å²) in [5, 5.41) is 4.70. The Morgan fingerprint density at radius 3 is 2.46 bits per heavy atom. The maximum Gasteiger partial charge on any atom is 0.118 e. The number of ether oxygens (including phenoxy) is 1. The molecule has 2 heterocycles. The SMILES string of the molecule is COc1ccc(Cn2ccc(-c3cccc(-c4cnccn4)c3)n2)cc1. The number of benzene rings is 2. The molecule has 2 aromatic carbocycles. The first kappa shape index (κ1) is 16.0. The van der Waals surface area contributed by atoms with Gasteiger partial charge >= 0.3 is 0 Å². The molecule has 128 valence electrons. The molecule has 0 aliphatic carbocycles. The van der Waals surface area contributed by atoms with Gasteiger partial charge in [-0.15, -0.1) is 0 Å². The minimum absolute atomic E-state index is 0.716. The van der Waals surface area contributed by atoms with Crippen LogP contribution in [-0.4, -0.2) is 26.9 Å². The number of methoxy groups -OCH3 is 1. The van der Waals surface area contributed by atoms with E-state index < -0.39 is 0 Å².